The number of carbonyl (C=O) groups is 2. The van der Waals surface area contributed by atoms with E-state index in [0.717, 1.165) is 29.2 Å². The third-order valence-electron chi connectivity index (χ3n) is 6.71. The van der Waals surface area contributed by atoms with E-state index in [2.05, 4.69) is 34.1 Å². The third-order valence-corrected chi connectivity index (χ3v) is 6.71. The molecule has 0 bridgehead atoms. The summed E-state index contributed by atoms with van der Waals surface area (Å²) < 4.78 is 29.1. The Morgan fingerprint density at radius 1 is 0.970 bits per heavy atom. The van der Waals surface area contributed by atoms with Gasteiger partial charge < -0.3 is 16.0 Å². The van der Waals surface area contributed by atoms with E-state index in [1.54, 1.807) is 6.92 Å². The molecule has 170 valence electrons. The summed E-state index contributed by atoms with van der Waals surface area (Å²) in [6.07, 6.45) is 1.55. The fraction of sp³-hybridized carbons (Fsp3) is 0.308. The van der Waals surface area contributed by atoms with Crippen molar-refractivity contribution in [1.82, 2.24) is 16.0 Å². The summed E-state index contributed by atoms with van der Waals surface area (Å²) in [5.41, 5.74) is 1.94. The molecule has 1 aliphatic carbocycles. The minimum Gasteiger partial charge on any atom is -0.354 e. The van der Waals surface area contributed by atoms with Crippen molar-refractivity contribution in [3.63, 3.8) is 0 Å². The highest BCUT2D eigenvalue weighted by Gasteiger charge is 2.47. The quantitative estimate of drug-likeness (QED) is 0.556. The molecule has 2 fully saturated rings. The van der Waals surface area contributed by atoms with Crippen molar-refractivity contribution in [3.8, 4) is 0 Å². The van der Waals surface area contributed by atoms with Gasteiger partial charge >= 0.3 is 6.03 Å². The van der Waals surface area contributed by atoms with Gasteiger partial charge in [-0.15, -0.1) is 0 Å². The number of amides is 3. The van der Waals surface area contributed by atoms with Gasteiger partial charge in [-0.25, -0.2) is 13.6 Å². The van der Waals surface area contributed by atoms with E-state index in [1.165, 1.54) is 17.7 Å². The second-order valence-electron chi connectivity index (χ2n) is 9.22. The predicted octanol–water partition coefficient (Wildman–Crippen LogP) is 4.31. The summed E-state index contributed by atoms with van der Waals surface area (Å²) in [6.45, 7) is 3.69. The Morgan fingerprint density at radius 3 is 2.33 bits per heavy atom. The van der Waals surface area contributed by atoms with Crippen LogP contribution in [0.5, 0.6) is 0 Å². The number of urea groups is 1. The molecule has 3 aromatic rings. The van der Waals surface area contributed by atoms with Crippen LogP contribution in [0.1, 0.15) is 41.0 Å². The molecule has 2 aliphatic rings. The van der Waals surface area contributed by atoms with Crippen LogP contribution in [0.3, 0.4) is 0 Å². The largest absolute Gasteiger partial charge is 0.354 e. The number of hydrogen-bond donors (Lipinski definition) is 3. The van der Waals surface area contributed by atoms with E-state index in [0.29, 0.717) is 5.56 Å². The zero-order valence-corrected chi connectivity index (χ0v) is 18.5. The van der Waals surface area contributed by atoms with Crippen molar-refractivity contribution >= 4 is 22.7 Å². The van der Waals surface area contributed by atoms with Crippen LogP contribution in [0.4, 0.5) is 13.6 Å². The van der Waals surface area contributed by atoms with Crippen molar-refractivity contribution in [2.24, 2.45) is 0 Å². The van der Waals surface area contributed by atoms with Crippen LogP contribution in [0.15, 0.2) is 48.5 Å². The van der Waals surface area contributed by atoms with Gasteiger partial charge in [0, 0.05) is 18.0 Å². The number of nitrogens with one attached hydrogen (secondary N) is 3. The van der Waals surface area contributed by atoms with E-state index in [1.807, 2.05) is 25.1 Å². The van der Waals surface area contributed by atoms with Crippen LogP contribution in [0.25, 0.3) is 10.8 Å². The summed E-state index contributed by atoms with van der Waals surface area (Å²) in [4.78, 5) is 25.3. The molecule has 5 rings (SSSR count). The molecule has 1 saturated carbocycles. The molecule has 1 heterocycles. The Balaban J connectivity index is 1.35. The van der Waals surface area contributed by atoms with Gasteiger partial charge in [0.1, 0.15) is 17.7 Å². The van der Waals surface area contributed by atoms with Gasteiger partial charge in [0.25, 0.3) is 0 Å². The lowest BCUT2D eigenvalue weighted by Crippen LogP contribution is -2.50. The zero-order valence-electron chi connectivity index (χ0n) is 18.5. The summed E-state index contributed by atoms with van der Waals surface area (Å²) in [5, 5.41) is 10.5. The Kier molecular flexibility index (Phi) is 5.07. The number of fused-ring (bicyclic) bond motifs is 1. The summed E-state index contributed by atoms with van der Waals surface area (Å²) >= 11 is 0. The van der Waals surface area contributed by atoms with Gasteiger partial charge in [-0.1, -0.05) is 35.9 Å². The maximum absolute atomic E-state index is 14.5. The first-order valence-electron chi connectivity index (χ1n) is 11.1. The van der Waals surface area contributed by atoms with Crippen molar-refractivity contribution in [1.29, 1.82) is 0 Å². The smallest absolute Gasteiger partial charge is 0.316 e. The Hall–Kier alpha value is -3.48. The minimum atomic E-state index is -1.06. The molecule has 3 N–H and O–H groups in total. The molecule has 1 saturated heterocycles. The molecular formula is C26H25F2N3O2. The van der Waals surface area contributed by atoms with E-state index < -0.39 is 41.1 Å². The van der Waals surface area contributed by atoms with Crippen molar-refractivity contribution in [3.05, 3.63) is 82.4 Å². The maximum atomic E-state index is 14.5. The maximum Gasteiger partial charge on any atom is 0.316 e. The third kappa shape index (κ3) is 3.92. The number of halogens is 2. The molecule has 1 aliphatic heterocycles. The van der Waals surface area contributed by atoms with Gasteiger partial charge in [0.2, 0.25) is 5.91 Å². The fourth-order valence-electron chi connectivity index (χ4n) is 4.79. The second kappa shape index (κ2) is 7.83. The summed E-state index contributed by atoms with van der Waals surface area (Å²) in [5.74, 6) is -2.72. The monoisotopic (exact) mass is 449 g/mol. The molecule has 33 heavy (non-hydrogen) atoms. The first-order valence-corrected chi connectivity index (χ1v) is 11.1. The van der Waals surface area contributed by atoms with Gasteiger partial charge in [-0.2, -0.15) is 0 Å². The van der Waals surface area contributed by atoms with Gasteiger partial charge in [0.15, 0.2) is 0 Å². The van der Waals surface area contributed by atoms with E-state index >= 15 is 0 Å². The molecular weight excluding hydrogens is 424 g/mol. The van der Waals surface area contributed by atoms with Crippen LogP contribution < -0.4 is 16.0 Å². The fourth-order valence-corrected chi connectivity index (χ4v) is 4.79. The second-order valence-corrected chi connectivity index (χ2v) is 9.22. The Labute approximate surface area is 190 Å². The number of hydrogen-bond acceptors (Lipinski definition) is 2. The van der Waals surface area contributed by atoms with Crippen LogP contribution in [-0.2, 0) is 10.3 Å². The zero-order chi connectivity index (χ0) is 23.3. The molecule has 3 amide bonds. The Bertz CT molecular complexity index is 1260. The minimum absolute atomic E-state index is 0.0515. The van der Waals surface area contributed by atoms with Crippen LogP contribution in [0.2, 0.25) is 0 Å². The lowest BCUT2D eigenvalue weighted by molar-refractivity contribution is -0.120. The Morgan fingerprint density at radius 2 is 1.64 bits per heavy atom. The number of aryl methyl sites for hydroxylation is 2. The highest BCUT2D eigenvalue weighted by atomic mass is 19.1. The first kappa shape index (κ1) is 21.4. The molecule has 2 atom stereocenters. The van der Waals surface area contributed by atoms with E-state index in [9.17, 15) is 18.4 Å². The standard InChI is InChI=1S/C26H25F2N3O2/c1-14-3-4-17-12-18(6-5-16(17)9-14)26(7-8-26)31-25(33)30-23-19(13-29-24(23)32)22-20(27)10-15(2)11-21(22)28/h3-6,9-12,19,23H,7-8,13H2,1-2H3,(H,29,32)(H2,30,31,33)/t19-,23-/m0/s1. The van der Waals surface area contributed by atoms with Crippen molar-refractivity contribution < 1.29 is 18.4 Å². The number of rotatable bonds is 4. The highest BCUT2D eigenvalue weighted by molar-refractivity contribution is 5.90. The van der Waals surface area contributed by atoms with Gasteiger partial charge in [-0.05, 0) is 66.8 Å². The van der Waals surface area contributed by atoms with E-state index in [4.69, 9.17) is 0 Å². The van der Waals surface area contributed by atoms with Crippen molar-refractivity contribution in [2.75, 3.05) is 6.54 Å². The lowest BCUT2D eigenvalue weighted by atomic mass is 9.92. The lowest BCUT2D eigenvalue weighted by Gasteiger charge is -2.23. The van der Waals surface area contributed by atoms with E-state index in [-0.39, 0.29) is 12.1 Å². The SMILES string of the molecule is Cc1cc(F)c([C@@H]2CNC(=O)[C@H]2NC(=O)NC2(c3ccc4cc(C)ccc4c3)CC2)c(F)c1. The molecule has 0 spiro atoms. The van der Waals surface area contributed by atoms with Crippen LogP contribution >= 0.6 is 0 Å². The van der Waals surface area contributed by atoms with Gasteiger partial charge in [-0.3, -0.25) is 4.79 Å². The average Bonchev–Trinajstić information content (AvgIpc) is 3.45. The summed E-state index contributed by atoms with van der Waals surface area (Å²) in [6, 6.07) is 13.2. The predicted molar refractivity (Wildman–Crippen MR) is 122 cm³/mol. The molecule has 0 radical (unpaired) electrons. The van der Waals surface area contributed by atoms with Crippen LogP contribution in [-0.4, -0.2) is 24.5 Å². The molecule has 7 heteroatoms. The first-order chi connectivity index (χ1) is 15.8. The topological polar surface area (TPSA) is 70.2 Å². The number of carbonyl (C=O) groups excluding carboxylic acids is 2. The van der Waals surface area contributed by atoms with Crippen molar-refractivity contribution in [2.45, 2.75) is 44.2 Å². The summed E-state index contributed by atoms with van der Waals surface area (Å²) in [7, 11) is 0. The van der Waals surface area contributed by atoms with Gasteiger partial charge in [0.05, 0.1) is 5.54 Å². The van der Waals surface area contributed by atoms with Crippen LogP contribution in [0, 0.1) is 25.5 Å². The average molecular weight is 450 g/mol. The highest BCUT2D eigenvalue weighted by Crippen LogP contribution is 2.46. The number of benzene rings is 3. The normalized spacial score (nSPS) is 21.0. The molecule has 3 aromatic carbocycles. The molecule has 0 unspecified atom stereocenters. The molecule has 0 aromatic heterocycles. The molecule has 5 nitrogen and oxygen atoms in total.